The van der Waals surface area contributed by atoms with Crippen LogP contribution in [0.25, 0.3) is 0 Å². The van der Waals surface area contributed by atoms with Crippen LogP contribution >= 0.6 is 12.2 Å². The van der Waals surface area contributed by atoms with Gasteiger partial charge < -0.3 is 11.5 Å². The van der Waals surface area contributed by atoms with Gasteiger partial charge in [-0.2, -0.15) is 0 Å². The van der Waals surface area contributed by atoms with E-state index in [1.807, 2.05) is 0 Å². The van der Waals surface area contributed by atoms with Crippen molar-refractivity contribution in [3.63, 3.8) is 0 Å². The van der Waals surface area contributed by atoms with Crippen LogP contribution in [-0.2, 0) is 9.59 Å². The Morgan fingerprint density at radius 1 is 1.00 bits per heavy atom. The average molecular weight is 184 g/mol. The zero-order valence-corrected chi connectivity index (χ0v) is 7.01. The molecule has 0 spiro atoms. The van der Waals surface area contributed by atoms with Gasteiger partial charge in [0.1, 0.15) is 0 Å². The largest absolute Gasteiger partial charge is 0.377 e. The Kier molecular flexibility index (Phi) is 4.55. The summed E-state index contributed by atoms with van der Waals surface area (Å²) in [6.45, 7) is 0. The second-order valence-corrected chi connectivity index (χ2v) is 2.35. The number of ketones is 2. The first-order valence-corrected chi connectivity index (χ1v) is 3.42. The summed E-state index contributed by atoms with van der Waals surface area (Å²) in [6, 6.07) is 0. The Hall–Kier alpha value is -1.49. The second kappa shape index (κ2) is 5.20. The summed E-state index contributed by atoms with van der Waals surface area (Å²) < 4.78 is 0. The normalized spacial score (nSPS) is 13.7. The molecule has 0 atom stereocenters. The predicted octanol–water partition coefficient (Wildman–Crippen LogP) is -0.561. The lowest BCUT2D eigenvalue weighted by atomic mass is 10.2. The van der Waals surface area contributed by atoms with E-state index in [9.17, 15) is 9.59 Å². The van der Waals surface area contributed by atoms with Crippen molar-refractivity contribution in [3.05, 3.63) is 24.3 Å². The Bertz CT molecular complexity index is 227. The topological polar surface area (TPSA) is 86.2 Å². The van der Waals surface area contributed by atoms with Crippen LogP contribution in [0.4, 0.5) is 0 Å². The number of allylic oxidation sites excluding steroid dienone is 4. The average Bonchev–Trinajstić information content (AvgIpc) is 1.94. The van der Waals surface area contributed by atoms with E-state index in [2.05, 4.69) is 23.7 Å². The number of carbonyl (C=O) groups is 2. The standard InChI is InChI=1S/C6H4O2.CH4N2S/c7-5-1-2-6(8)4-3-5;2-1(3)4/h1-4H;(H4,2,3,4). The van der Waals surface area contributed by atoms with Crippen molar-refractivity contribution < 1.29 is 9.59 Å². The highest BCUT2D eigenvalue weighted by Crippen LogP contribution is 1.90. The monoisotopic (exact) mass is 184 g/mol. The Morgan fingerprint density at radius 3 is 1.33 bits per heavy atom. The lowest BCUT2D eigenvalue weighted by Gasteiger charge is -1.87. The fraction of sp³-hybridized carbons (Fsp3) is 0. The molecule has 12 heavy (non-hydrogen) atoms. The third-order valence-corrected chi connectivity index (χ3v) is 0.824. The predicted molar refractivity (Wildman–Crippen MR) is 49.3 cm³/mol. The Balaban J connectivity index is 0.000000261. The number of hydrogen-bond donors (Lipinski definition) is 2. The van der Waals surface area contributed by atoms with Crippen LogP contribution in [-0.4, -0.2) is 16.7 Å². The zero-order chi connectivity index (χ0) is 9.56. The molecule has 0 saturated carbocycles. The first-order valence-electron chi connectivity index (χ1n) is 3.01. The van der Waals surface area contributed by atoms with Crippen LogP contribution in [0.3, 0.4) is 0 Å². The summed E-state index contributed by atoms with van der Waals surface area (Å²) >= 11 is 4.09. The summed E-state index contributed by atoms with van der Waals surface area (Å²) in [5, 5.41) is 0.000000000000000222. The van der Waals surface area contributed by atoms with Crippen molar-refractivity contribution in [2.75, 3.05) is 0 Å². The molecule has 4 N–H and O–H groups in total. The minimum absolute atomic E-state index is 0.000000000000000222. The number of hydrogen-bond acceptors (Lipinski definition) is 3. The third kappa shape index (κ3) is 6.63. The van der Waals surface area contributed by atoms with Crippen molar-refractivity contribution in [2.45, 2.75) is 0 Å². The number of nitrogens with two attached hydrogens (primary N) is 2. The molecule has 0 radical (unpaired) electrons. The van der Waals surface area contributed by atoms with E-state index in [0.717, 1.165) is 0 Å². The SMILES string of the molecule is NC(N)=S.O=C1C=CC(=O)C=C1. The Morgan fingerprint density at radius 2 is 1.17 bits per heavy atom. The van der Waals surface area contributed by atoms with Crippen LogP contribution in [0.1, 0.15) is 0 Å². The van der Waals surface area contributed by atoms with E-state index in [0.29, 0.717) is 0 Å². The van der Waals surface area contributed by atoms with Crippen LogP contribution in [0.15, 0.2) is 24.3 Å². The maximum absolute atomic E-state index is 10.3. The molecule has 64 valence electrons. The molecule has 0 fully saturated rings. The van der Waals surface area contributed by atoms with E-state index in [1.165, 1.54) is 24.3 Å². The van der Waals surface area contributed by atoms with Crippen molar-refractivity contribution in [2.24, 2.45) is 11.5 Å². The van der Waals surface area contributed by atoms with Crippen LogP contribution in [0.2, 0.25) is 0 Å². The molecule has 0 bridgehead atoms. The Labute approximate surface area is 74.9 Å². The molecule has 0 aromatic carbocycles. The van der Waals surface area contributed by atoms with Gasteiger partial charge in [0, 0.05) is 0 Å². The van der Waals surface area contributed by atoms with E-state index in [4.69, 9.17) is 0 Å². The molecule has 4 nitrogen and oxygen atoms in total. The molecule has 0 aromatic rings. The first kappa shape index (κ1) is 10.5. The third-order valence-electron chi connectivity index (χ3n) is 0.824. The van der Waals surface area contributed by atoms with Gasteiger partial charge >= 0.3 is 0 Å². The van der Waals surface area contributed by atoms with Crippen LogP contribution in [0.5, 0.6) is 0 Å². The van der Waals surface area contributed by atoms with Gasteiger partial charge in [0.05, 0.1) is 0 Å². The van der Waals surface area contributed by atoms with Crippen molar-refractivity contribution in [3.8, 4) is 0 Å². The highest BCUT2D eigenvalue weighted by atomic mass is 32.1. The van der Waals surface area contributed by atoms with E-state index in [1.54, 1.807) is 0 Å². The molecule has 1 aliphatic rings. The molecule has 0 saturated heterocycles. The molecule has 0 aliphatic heterocycles. The fourth-order valence-corrected chi connectivity index (χ4v) is 0.440. The summed E-state index contributed by atoms with van der Waals surface area (Å²) in [6.07, 6.45) is 5.01. The molecule has 0 heterocycles. The summed E-state index contributed by atoms with van der Waals surface area (Å²) in [5.41, 5.74) is 9.24. The maximum Gasteiger partial charge on any atom is 0.178 e. The number of carbonyl (C=O) groups excluding carboxylic acids is 2. The summed E-state index contributed by atoms with van der Waals surface area (Å²) in [4.78, 5) is 20.6. The highest BCUT2D eigenvalue weighted by Gasteiger charge is 1.97. The van der Waals surface area contributed by atoms with E-state index >= 15 is 0 Å². The molecule has 0 unspecified atom stereocenters. The highest BCUT2D eigenvalue weighted by molar-refractivity contribution is 7.80. The minimum atomic E-state index is -0.121. The van der Waals surface area contributed by atoms with Crippen molar-refractivity contribution >= 4 is 28.9 Å². The van der Waals surface area contributed by atoms with Gasteiger partial charge in [-0.05, 0) is 36.5 Å². The minimum Gasteiger partial charge on any atom is -0.377 e. The van der Waals surface area contributed by atoms with Gasteiger partial charge in [-0.15, -0.1) is 0 Å². The number of thiocarbonyl (C=S) groups is 1. The smallest absolute Gasteiger partial charge is 0.178 e. The summed E-state index contributed by atoms with van der Waals surface area (Å²) in [7, 11) is 0. The molecule has 1 aliphatic carbocycles. The quantitative estimate of drug-likeness (QED) is 0.389. The van der Waals surface area contributed by atoms with Gasteiger partial charge in [-0.3, -0.25) is 9.59 Å². The second-order valence-electron chi connectivity index (χ2n) is 1.87. The molecule has 0 aromatic heterocycles. The van der Waals surface area contributed by atoms with Crippen molar-refractivity contribution in [1.29, 1.82) is 0 Å². The molecule has 5 heteroatoms. The van der Waals surface area contributed by atoms with E-state index < -0.39 is 0 Å². The van der Waals surface area contributed by atoms with Crippen molar-refractivity contribution in [1.82, 2.24) is 0 Å². The lowest BCUT2D eigenvalue weighted by Crippen LogP contribution is -2.18. The van der Waals surface area contributed by atoms with Gasteiger partial charge in [-0.25, -0.2) is 0 Å². The fourth-order valence-electron chi connectivity index (χ4n) is 0.440. The van der Waals surface area contributed by atoms with Crippen LogP contribution in [0, 0.1) is 0 Å². The van der Waals surface area contributed by atoms with Gasteiger partial charge in [0.25, 0.3) is 0 Å². The molecular weight excluding hydrogens is 176 g/mol. The maximum atomic E-state index is 10.3. The number of rotatable bonds is 0. The van der Waals surface area contributed by atoms with Gasteiger partial charge in [0.2, 0.25) is 0 Å². The zero-order valence-electron chi connectivity index (χ0n) is 6.19. The van der Waals surface area contributed by atoms with Crippen LogP contribution < -0.4 is 11.5 Å². The molecule has 1 rings (SSSR count). The molecule has 0 amide bonds. The van der Waals surface area contributed by atoms with Gasteiger partial charge in [-0.1, -0.05) is 0 Å². The van der Waals surface area contributed by atoms with Gasteiger partial charge in [0.15, 0.2) is 16.7 Å². The first-order chi connectivity index (χ1) is 5.52. The molecular formula is C7H8N2O2S. The summed E-state index contributed by atoms with van der Waals surface area (Å²) in [5.74, 6) is -0.241. The lowest BCUT2D eigenvalue weighted by molar-refractivity contribution is -0.113. The van der Waals surface area contributed by atoms with E-state index in [-0.39, 0.29) is 16.7 Å².